The van der Waals surface area contributed by atoms with E-state index in [0.717, 1.165) is 0 Å². The molecule has 0 aliphatic carbocycles. The first kappa shape index (κ1) is 13.5. The second kappa shape index (κ2) is 5.47. The van der Waals surface area contributed by atoms with Gasteiger partial charge in [-0.05, 0) is 35.4 Å². The molecule has 2 aromatic carbocycles. The molecule has 5 heteroatoms. The lowest BCUT2D eigenvalue weighted by Crippen LogP contribution is -1.92. The van der Waals surface area contributed by atoms with Gasteiger partial charge in [0.1, 0.15) is 5.82 Å². The highest BCUT2D eigenvalue weighted by Crippen LogP contribution is 2.38. The molecule has 0 amide bonds. The number of halogens is 2. The molecule has 3 rings (SSSR count). The molecule has 0 atom stereocenters. The van der Waals surface area contributed by atoms with E-state index in [0.29, 0.717) is 33.2 Å². The van der Waals surface area contributed by atoms with Crippen molar-refractivity contribution in [3.63, 3.8) is 0 Å². The van der Waals surface area contributed by atoms with Crippen molar-refractivity contribution in [2.75, 3.05) is 6.79 Å². The number of hydrogen-bond donors (Lipinski definition) is 0. The Morgan fingerprint density at radius 3 is 2.52 bits per heavy atom. The third-order valence-corrected chi connectivity index (χ3v) is 3.39. The van der Waals surface area contributed by atoms with Gasteiger partial charge in [-0.1, -0.05) is 23.7 Å². The molecule has 1 aliphatic heterocycles. The highest BCUT2D eigenvalue weighted by Gasteiger charge is 2.16. The third kappa shape index (κ3) is 2.69. The van der Waals surface area contributed by atoms with Gasteiger partial charge < -0.3 is 9.47 Å². The lowest BCUT2D eigenvalue weighted by atomic mass is 10.0. The normalized spacial score (nSPS) is 13.1. The Hall–Kier alpha value is -2.51. The zero-order chi connectivity index (χ0) is 14.8. The average Bonchev–Trinajstić information content (AvgIpc) is 2.93. The number of allylic oxidation sites excluding steroid dienone is 1. The first-order valence-corrected chi connectivity index (χ1v) is 6.52. The van der Waals surface area contributed by atoms with Gasteiger partial charge in [0.2, 0.25) is 6.79 Å². The third-order valence-electron chi connectivity index (χ3n) is 3.07. The van der Waals surface area contributed by atoms with Crippen LogP contribution < -0.4 is 9.47 Å². The van der Waals surface area contributed by atoms with E-state index in [-0.39, 0.29) is 12.6 Å². The fraction of sp³-hybridized carbons (Fsp3) is 0.0625. The minimum Gasteiger partial charge on any atom is -0.454 e. The van der Waals surface area contributed by atoms with Crippen molar-refractivity contribution in [3.05, 3.63) is 58.4 Å². The van der Waals surface area contributed by atoms with Gasteiger partial charge in [0, 0.05) is 6.07 Å². The molecular formula is C16H9ClFNO2. The fourth-order valence-corrected chi connectivity index (χ4v) is 2.22. The van der Waals surface area contributed by atoms with Crippen LogP contribution in [0.1, 0.15) is 11.1 Å². The Morgan fingerprint density at radius 2 is 1.86 bits per heavy atom. The number of rotatable bonds is 2. The van der Waals surface area contributed by atoms with Crippen LogP contribution in [0, 0.1) is 17.1 Å². The predicted molar refractivity (Wildman–Crippen MR) is 77.5 cm³/mol. The lowest BCUT2D eigenvalue weighted by Gasteiger charge is -2.04. The van der Waals surface area contributed by atoms with Crippen LogP contribution in [0.15, 0.2) is 36.4 Å². The molecule has 0 radical (unpaired) electrons. The molecule has 0 N–H and O–H groups in total. The van der Waals surface area contributed by atoms with Crippen molar-refractivity contribution in [2.45, 2.75) is 0 Å². The summed E-state index contributed by atoms with van der Waals surface area (Å²) in [4.78, 5) is 0. The van der Waals surface area contributed by atoms with E-state index in [1.54, 1.807) is 30.3 Å². The minimum atomic E-state index is -0.350. The van der Waals surface area contributed by atoms with Gasteiger partial charge in [0.05, 0.1) is 16.7 Å². The van der Waals surface area contributed by atoms with Gasteiger partial charge in [-0.15, -0.1) is 0 Å². The van der Waals surface area contributed by atoms with Crippen LogP contribution in [0.2, 0.25) is 5.02 Å². The molecule has 0 saturated carbocycles. The maximum absolute atomic E-state index is 12.9. The molecule has 0 fully saturated rings. The molecule has 3 nitrogen and oxygen atoms in total. The summed E-state index contributed by atoms with van der Waals surface area (Å²) in [6.45, 7) is 0.155. The summed E-state index contributed by atoms with van der Waals surface area (Å²) in [5.41, 5.74) is 1.64. The number of fused-ring (bicyclic) bond motifs is 1. The molecule has 104 valence electrons. The van der Waals surface area contributed by atoms with Crippen LogP contribution in [0.3, 0.4) is 0 Å². The maximum Gasteiger partial charge on any atom is 0.231 e. The smallest absolute Gasteiger partial charge is 0.231 e. The fourth-order valence-electron chi connectivity index (χ4n) is 2.01. The van der Waals surface area contributed by atoms with E-state index >= 15 is 0 Å². The van der Waals surface area contributed by atoms with Crippen LogP contribution in [0.25, 0.3) is 11.6 Å². The Balaban J connectivity index is 2.03. The largest absolute Gasteiger partial charge is 0.454 e. The summed E-state index contributed by atoms with van der Waals surface area (Å²) in [6, 6.07) is 11.2. The van der Waals surface area contributed by atoms with Crippen LogP contribution in [-0.4, -0.2) is 6.79 Å². The SMILES string of the molecule is N#C/C(=C\c1cc2c(cc1Cl)OCO2)c1ccc(F)cc1. The lowest BCUT2D eigenvalue weighted by molar-refractivity contribution is 0.174. The molecular weight excluding hydrogens is 293 g/mol. The quantitative estimate of drug-likeness (QED) is 0.614. The van der Waals surface area contributed by atoms with Gasteiger partial charge in [-0.2, -0.15) is 5.26 Å². The Morgan fingerprint density at radius 1 is 1.19 bits per heavy atom. The first-order valence-electron chi connectivity index (χ1n) is 6.14. The van der Waals surface area contributed by atoms with E-state index < -0.39 is 0 Å². The molecule has 1 heterocycles. The van der Waals surface area contributed by atoms with Gasteiger partial charge >= 0.3 is 0 Å². The molecule has 0 unspecified atom stereocenters. The van der Waals surface area contributed by atoms with Gasteiger partial charge in [-0.25, -0.2) is 4.39 Å². The van der Waals surface area contributed by atoms with Gasteiger partial charge in [0.25, 0.3) is 0 Å². The Bertz CT molecular complexity index is 763. The van der Waals surface area contributed by atoms with Crippen LogP contribution in [-0.2, 0) is 0 Å². The Kier molecular flexibility index (Phi) is 3.51. The van der Waals surface area contributed by atoms with E-state index in [1.807, 2.05) is 0 Å². The highest BCUT2D eigenvalue weighted by molar-refractivity contribution is 6.32. The molecule has 0 saturated heterocycles. The van der Waals surface area contributed by atoms with Crippen LogP contribution >= 0.6 is 11.6 Å². The van der Waals surface area contributed by atoms with Gasteiger partial charge in [-0.3, -0.25) is 0 Å². The topological polar surface area (TPSA) is 42.2 Å². The molecule has 2 aromatic rings. The summed E-state index contributed by atoms with van der Waals surface area (Å²) in [6.07, 6.45) is 1.64. The van der Waals surface area contributed by atoms with Crippen molar-refractivity contribution >= 4 is 23.3 Å². The molecule has 0 aromatic heterocycles. The second-order valence-corrected chi connectivity index (χ2v) is 4.81. The second-order valence-electron chi connectivity index (χ2n) is 4.40. The van der Waals surface area contributed by atoms with E-state index in [2.05, 4.69) is 6.07 Å². The summed E-state index contributed by atoms with van der Waals surface area (Å²) in [5, 5.41) is 9.74. The van der Waals surface area contributed by atoms with E-state index in [1.165, 1.54) is 12.1 Å². The van der Waals surface area contributed by atoms with Crippen molar-refractivity contribution < 1.29 is 13.9 Å². The average molecular weight is 302 g/mol. The monoisotopic (exact) mass is 301 g/mol. The number of benzene rings is 2. The summed E-state index contributed by atoms with van der Waals surface area (Å²) in [7, 11) is 0. The van der Waals surface area contributed by atoms with Crippen LogP contribution in [0.5, 0.6) is 11.5 Å². The Labute approximate surface area is 125 Å². The first-order chi connectivity index (χ1) is 10.2. The number of hydrogen-bond acceptors (Lipinski definition) is 3. The molecule has 0 spiro atoms. The van der Waals surface area contributed by atoms with Gasteiger partial charge in [0.15, 0.2) is 11.5 Å². The van der Waals surface area contributed by atoms with E-state index in [4.69, 9.17) is 21.1 Å². The molecule has 21 heavy (non-hydrogen) atoms. The van der Waals surface area contributed by atoms with E-state index in [9.17, 15) is 9.65 Å². The number of nitriles is 1. The maximum atomic E-state index is 12.9. The summed E-state index contributed by atoms with van der Waals surface area (Å²) in [5.74, 6) is 0.816. The molecule has 1 aliphatic rings. The minimum absolute atomic E-state index is 0.155. The number of nitrogens with zero attached hydrogens (tertiary/aromatic N) is 1. The zero-order valence-corrected chi connectivity index (χ0v) is 11.5. The number of ether oxygens (including phenoxy) is 2. The highest BCUT2D eigenvalue weighted by atomic mass is 35.5. The predicted octanol–water partition coefficient (Wildman–Crippen LogP) is 4.27. The standard InChI is InChI=1S/C16H9ClFNO2/c17-14-7-16-15(20-9-21-16)6-11(14)5-12(8-19)10-1-3-13(18)4-2-10/h1-7H,9H2/b12-5+. The summed E-state index contributed by atoms with van der Waals surface area (Å²) >= 11 is 6.17. The van der Waals surface area contributed by atoms with Crippen LogP contribution in [0.4, 0.5) is 4.39 Å². The van der Waals surface area contributed by atoms with Crippen molar-refractivity contribution in [3.8, 4) is 17.6 Å². The molecule has 0 bridgehead atoms. The van der Waals surface area contributed by atoms with Crippen molar-refractivity contribution in [1.82, 2.24) is 0 Å². The zero-order valence-electron chi connectivity index (χ0n) is 10.8. The van der Waals surface area contributed by atoms with Crippen molar-refractivity contribution in [2.24, 2.45) is 0 Å². The van der Waals surface area contributed by atoms with Crippen molar-refractivity contribution in [1.29, 1.82) is 5.26 Å². The summed E-state index contributed by atoms with van der Waals surface area (Å²) < 4.78 is 23.5.